The topological polar surface area (TPSA) is 0 Å². The lowest BCUT2D eigenvalue weighted by atomic mass is 10.2. The van der Waals surface area contributed by atoms with E-state index in [2.05, 4.69) is 28.7 Å². The van der Waals surface area contributed by atoms with Gasteiger partial charge >= 0.3 is 0 Å². The van der Waals surface area contributed by atoms with Crippen molar-refractivity contribution < 1.29 is 0 Å². The van der Waals surface area contributed by atoms with Crippen LogP contribution in [0.4, 0.5) is 0 Å². The van der Waals surface area contributed by atoms with Crippen molar-refractivity contribution in [2.75, 3.05) is 0 Å². The molecular weight excluding hydrogens is 270 g/mol. The van der Waals surface area contributed by atoms with Gasteiger partial charge in [0.05, 0.1) is 0 Å². The van der Waals surface area contributed by atoms with Gasteiger partial charge in [0.2, 0.25) is 0 Å². The quantitative estimate of drug-likeness (QED) is 0.677. The molecule has 0 aromatic heterocycles. The van der Waals surface area contributed by atoms with Gasteiger partial charge in [-0.2, -0.15) is 0 Å². The van der Waals surface area contributed by atoms with Crippen LogP contribution in [0.1, 0.15) is 12.5 Å². The van der Waals surface area contributed by atoms with E-state index in [9.17, 15) is 0 Å². The number of halogens is 2. The molecule has 58 valence electrons. The molecule has 0 amide bonds. The summed E-state index contributed by atoms with van der Waals surface area (Å²) in [6, 6.07) is 7.84. The predicted molar refractivity (Wildman–Crippen MR) is 59.1 cm³/mol. The van der Waals surface area contributed by atoms with E-state index in [0.29, 0.717) is 0 Å². The fourth-order valence-electron chi connectivity index (χ4n) is 0.776. The first-order valence-electron chi connectivity index (χ1n) is 3.32. The van der Waals surface area contributed by atoms with Gasteiger partial charge in [-0.15, -0.1) is 0 Å². The van der Waals surface area contributed by atoms with Gasteiger partial charge < -0.3 is 0 Å². The molecule has 0 nitrogen and oxygen atoms in total. The molecule has 0 aliphatic carbocycles. The monoisotopic (exact) mass is 278 g/mol. The van der Waals surface area contributed by atoms with Crippen molar-refractivity contribution in [3.05, 3.63) is 40.9 Å². The zero-order valence-corrected chi connectivity index (χ0v) is 9.06. The minimum atomic E-state index is 0.786. The molecule has 0 radical (unpaired) electrons. The summed E-state index contributed by atoms with van der Waals surface area (Å²) in [6.45, 7) is 2.02. The molecular formula is C9H8ClI. The molecule has 0 N–H and O–H groups in total. The Labute approximate surface area is 85.4 Å². The first-order chi connectivity index (χ1) is 5.24. The van der Waals surface area contributed by atoms with Gasteiger partial charge in [-0.1, -0.05) is 29.8 Å². The van der Waals surface area contributed by atoms with E-state index in [1.165, 1.54) is 9.14 Å². The molecule has 0 atom stereocenters. The Morgan fingerprint density at radius 2 is 1.91 bits per heavy atom. The van der Waals surface area contributed by atoms with Crippen LogP contribution in [0.2, 0.25) is 5.02 Å². The average molecular weight is 279 g/mol. The lowest BCUT2D eigenvalue weighted by Crippen LogP contribution is -1.73. The second-order valence-electron chi connectivity index (χ2n) is 2.14. The van der Waals surface area contributed by atoms with Crippen molar-refractivity contribution in [3.63, 3.8) is 0 Å². The molecule has 1 rings (SSSR count). The lowest BCUT2D eigenvalue weighted by molar-refractivity contribution is 1.64. The Hall–Kier alpha value is -0.0200. The van der Waals surface area contributed by atoms with Gasteiger partial charge in [-0.25, -0.2) is 0 Å². The maximum absolute atomic E-state index is 5.74. The molecule has 0 aliphatic rings. The van der Waals surface area contributed by atoms with Gasteiger partial charge in [-0.3, -0.25) is 0 Å². The number of allylic oxidation sites excluding steroid dienone is 1. The van der Waals surface area contributed by atoms with Gasteiger partial charge in [-0.05, 0) is 47.2 Å². The van der Waals surface area contributed by atoms with Crippen molar-refractivity contribution in [2.24, 2.45) is 0 Å². The van der Waals surface area contributed by atoms with Crippen molar-refractivity contribution >= 4 is 37.8 Å². The fourth-order valence-corrected chi connectivity index (χ4v) is 1.26. The van der Waals surface area contributed by atoms with Crippen LogP contribution in [0.5, 0.6) is 0 Å². The smallest absolute Gasteiger partial charge is 0.0406 e. The summed E-state index contributed by atoms with van der Waals surface area (Å²) in [5.74, 6) is 0. The standard InChI is InChI=1S/C9H8ClI/c1-2-9(11)7-3-5-8(10)6-4-7/h2-6H,1H3/b9-2-. The molecule has 1 aromatic carbocycles. The molecule has 0 heterocycles. The Kier molecular flexibility index (Phi) is 3.40. The second kappa shape index (κ2) is 4.12. The highest BCUT2D eigenvalue weighted by Crippen LogP contribution is 2.22. The first kappa shape index (κ1) is 9.07. The van der Waals surface area contributed by atoms with Crippen LogP contribution in [0.3, 0.4) is 0 Å². The summed E-state index contributed by atoms with van der Waals surface area (Å²) in [6.07, 6.45) is 2.07. The largest absolute Gasteiger partial charge is 0.0843 e. The highest BCUT2D eigenvalue weighted by atomic mass is 127. The summed E-state index contributed by atoms with van der Waals surface area (Å²) >= 11 is 8.04. The number of hydrogen-bond donors (Lipinski definition) is 0. The highest BCUT2D eigenvalue weighted by molar-refractivity contribution is 14.1. The first-order valence-corrected chi connectivity index (χ1v) is 4.77. The maximum Gasteiger partial charge on any atom is 0.0406 e. The van der Waals surface area contributed by atoms with Gasteiger partial charge in [0.15, 0.2) is 0 Å². The summed E-state index contributed by atoms with van der Waals surface area (Å²) in [5, 5.41) is 0.786. The molecule has 0 aliphatic heterocycles. The Balaban J connectivity index is 2.99. The molecule has 11 heavy (non-hydrogen) atoms. The molecule has 1 aromatic rings. The molecule has 2 heteroatoms. The SMILES string of the molecule is C/C=C(\I)c1ccc(Cl)cc1. The van der Waals surface area contributed by atoms with Crippen molar-refractivity contribution in [1.29, 1.82) is 0 Å². The fraction of sp³-hybridized carbons (Fsp3) is 0.111. The van der Waals surface area contributed by atoms with E-state index in [-0.39, 0.29) is 0 Å². The third-order valence-corrected chi connectivity index (χ3v) is 2.87. The van der Waals surface area contributed by atoms with Crippen molar-refractivity contribution in [3.8, 4) is 0 Å². The van der Waals surface area contributed by atoms with E-state index in [0.717, 1.165) is 5.02 Å². The predicted octanol–water partition coefficient (Wildman–Crippen LogP) is 4.14. The van der Waals surface area contributed by atoms with Crippen LogP contribution in [-0.4, -0.2) is 0 Å². The van der Waals surface area contributed by atoms with Crippen LogP contribution in [-0.2, 0) is 0 Å². The summed E-state index contributed by atoms with van der Waals surface area (Å²) in [5.41, 5.74) is 1.22. The van der Waals surface area contributed by atoms with Crippen LogP contribution >= 0.6 is 34.2 Å². The third kappa shape index (κ3) is 2.49. The van der Waals surface area contributed by atoms with Crippen molar-refractivity contribution in [1.82, 2.24) is 0 Å². The molecule has 0 fully saturated rings. The summed E-state index contributed by atoms with van der Waals surface area (Å²) < 4.78 is 1.25. The summed E-state index contributed by atoms with van der Waals surface area (Å²) in [7, 11) is 0. The van der Waals surface area contributed by atoms with Crippen LogP contribution in [0.25, 0.3) is 3.58 Å². The molecule has 0 spiro atoms. The maximum atomic E-state index is 5.74. The van der Waals surface area contributed by atoms with Crippen LogP contribution < -0.4 is 0 Å². The van der Waals surface area contributed by atoms with E-state index < -0.39 is 0 Å². The zero-order chi connectivity index (χ0) is 8.27. The van der Waals surface area contributed by atoms with E-state index in [1.54, 1.807) is 0 Å². The van der Waals surface area contributed by atoms with Gasteiger partial charge in [0, 0.05) is 8.60 Å². The Morgan fingerprint density at radius 1 is 1.36 bits per heavy atom. The minimum Gasteiger partial charge on any atom is -0.0843 e. The van der Waals surface area contributed by atoms with Crippen molar-refractivity contribution in [2.45, 2.75) is 6.92 Å². The van der Waals surface area contributed by atoms with Crippen LogP contribution in [0, 0.1) is 0 Å². The third-order valence-electron chi connectivity index (χ3n) is 1.37. The second-order valence-corrected chi connectivity index (χ2v) is 3.74. The van der Waals surface area contributed by atoms with E-state index in [4.69, 9.17) is 11.6 Å². The van der Waals surface area contributed by atoms with E-state index >= 15 is 0 Å². The van der Waals surface area contributed by atoms with Gasteiger partial charge in [0.1, 0.15) is 0 Å². The van der Waals surface area contributed by atoms with Crippen LogP contribution in [0.15, 0.2) is 30.3 Å². The number of hydrogen-bond acceptors (Lipinski definition) is 0. The molecule has 0 saturated heterocycles. The molecule has 0 bridgehead atoms. The molecule has 0 saturated carbocycles. The Morgan fingerprint density at radius 3 is 2.36 bits per heavy atom. The van der Waals surface area contributed by atoms with E-state index in [1.807, 2.05) is 31.2 Å². The minimum absolute atomic E-state index is 0.786. The Bertz CT molecular complexity index is 261. The zero-order valence-electron chi connectivity index (χ0n) is 6.14. The highest BCUT2D eigenvalue weighted by Gasteiger charge is 1.93. The normalized spacial score (nSPS) is 11.7. The lowest BCUT2D eigenvalue weighted by Gasteiger charge is -1.97. The average Bonchev–Trinajstić information content (AvgIpc) is 2.05. The number of rotatable bonds is 1. The number of benzene rings is 1. The van der Waals surface area contributed by atoms with Gasteiger partial charge in [0.25, 0.3) is 0 Å². The summed E-state index contributed by atoms with van der Waals surface area (Å²) in [4.78, 5) is 0. The molecule has 0 unspecified atom stereocenters.